The summed E-state index contributed by atoms with van der Waals surface area (Å²) in [5.74, 6) is 0.108. The molecule has 9 nitrogen and oxygen atoms in total. The maximum absolute atomic E-state index is 13.0. The Kier molecular flexibility index (Phi) is 9.43. The molecule has 4 rings (SSSR count). The fourth-order valence-corrected chi connectivity index (χ4v) is 3.90. The molecule has 0 bridgehead atoms. The molecule has 3 aromatic carbocycles. The van der Waals surface area contributed by atoms with E-state index in [-0.39, 0.29) is 17.7 Å². The van der Waals surface area contributed by atoms with Crippen molar-refractivity contribution in [1.82, 2.24) is 0 Å². The molecule has 0 aliphatic carbocycles. The zero-order chi connectivity index (χ0) is 27.6. The molecule has 1 aliphatic rings. The van der Waals surface area contributed by atoms with E-state index in [1.54, 1.807) is 66.7 Å². The summed E-state index contributed by atoms with van der Waals surface area (Å²) in [5, 5.41) is 11.2. The lowest BCUT2D eigenvalue weighted by Gasteiger charge is -2.42. The van der Waals surface area contributed by atoms with Gasteiger partial charge in [0.15, 0.2) is 18.5 Å². The number of aliphatic hydroxyl groups excluding tert-OH is 1. The molecule has 0 aromatic heterocycles. The van der Waals surface area contributed by atoms with Gasteiger partial charge in [-0.25, -0.2) is 14.4 Å². The highest BCUT2D eigenvalue weighted by atomic mass is 16.7. The van der Waals surface area contributed by atoms with E-state index in [2.05, 4.69) is 5.92 Å². The number of terminal acetylenes is 1. The van der Waals surface area contributed by atoms with Crippen LogP contribution in [-0.2, 0) is 23.7 Å². The Bertz CT molecular complexity index is 1290. The van der Waals surface area contributed by atoms with Crippen molar-refractivity contribution in [1.29, 1.82) is 0 Å². The smallest absolute Gasteiger partial charge is 0.338 e. The minimum absolute atomic E-state index is 0.206. The molecule has 9 heteroatoms. The van der Waals surface area contributed by atoms with Gasteiger partial charge in [-0.3, -0.25) is 0 Å². The summed E-state index contributed by atoms with van der Waals surface area (Å²) in [4.78, 5) is 38.4. The molecular formula is C30H26O9. The van der Waals surface area contributed by atoms with E-state index in [4.69, 9.17) is 30.1 Å². The molecule has 200 valence electrons. The zero-order valence-electron chi connectivity index (χ0n) is 20.8. The Morgan fingerprint density at radius 2 is 1.21 bits per heavy atom. The average Bonchev–Trinajstić information content (AvgIpc) is 2.99. The van der Waals surface area contributed by atoms with Crippen LogP contribution < -0.4 is 0 Å². The van der Waals surface area contributed by atoms with Crippen LogP contribution in [-0.4, -0.2) is 66.9 Å². The van der Waals surface area contributed by atoms with Crippen molar-refractivity contribution < 1.29 is 43.2 Å². The lowest BCUT2D eigenvalue weighted by atomic mass is 9.98. The summed E-state index contributed by atoms with van der Waals surface area (Å²) in [5.41, 5.74) is 0.719. The molecule has 3 aromatic rings. The topological polar surface area (TPSA) is 118 Å². The average molecular weight is 531 g/mol. The van der Waals surface area contributed by atoms with Crippen molar-refractivity contribution in [3.63, 3.8) is 0 Å². The fraction of sp³-hybridized carbons (Fsp3) is 0.233. The quantitative estimate of drug-likeness (QED) is 0.253. The third-order valence-corrected chi connectivity index (χ3v) is 5.84. The molecule has 1 fully saturated rings. The first-order chi connectivity index (χ1) is 19.0. The van der Waals surface area contributed by atoms with Crippen molar-refractivity contribution in [2.45, 2.75) is 30.7 Å². The standard InChI is InChI=1S/C30H26O9/c1-2-18-35-30-26(39-29(34)22-16-10-5-11-17-22)25(38-28(33)21-14-8-4-9-15-21)24(31)23(37-30)19-36-27(32)20-12-6-3-7-13-20/h1,3-17,23-26,30-31H,18-19H2. The van der Waals surface area contributed by atoms with Crippen LogP contribution in [0.25, 0.3) is 0 Å². The fourth-order valence-electron chi connectivity index (χ4n) is 3.90. The van der Waals surface area contributed by atoms with Crippen LogP contribution in [0.5, 0.6) is 0 Å². The van der Waals surface area contributed by atoms with Crippen LogP contribution in [0, 0.1) is 12.3 Å². The second-order valence-electron chi connectivity index (χ2n) is 8.49. The number of carbonyl (C=O) groups excluding carboxylic acids is 3. The number of hydrogen-bond acceptors (Lipinski definition) is 9. The Labute approximate surface area is 225 Å². The number of hydrogen-bond donors (Lipinski definition) is 1. The molecule has 39 heavy (non-hydrogen) atoms. The number of benzene rings is 3. The van der Waals surface area contributed by atoms with Gasteiger partial charge in [-0.15, -0.1) is 6.42 Å². The van der Waals surface area contributed by atoms with E-state index in [0.717, 1.165) is 0 Å². The third-order valence-electron chi connectivity index (χ3n) is 5.84. The highest BCUT2D eigenvalue weighted by Crippen LogP contribution is 2.29. The lowest BCUT2D eigenvalue weighted by Crippen LogP contribution is -2.62. The van der Waals surface area contributed by atoms with Gasteiger partial charge in [0.2, 0.25) is 0 Å². The van der Waals surface area contributed by atoms with E-state index >= 15 is 0 Å². The molecule has 5 unspecified atom stereocenters. The van der Waals surface area contributed by atoms with Crippen molar-refractivity contribution in [3.8, 4) is 12.3 Å². The summed E-state index contributed by atoms with van der Waals surface area (Å²) < 4.78 is 28.1. The lowest BCUT2D eigenvalue weighted by molar-refractivity contribution is -0.296. The van der Waals surface area contributed by atoms with Gasteiger partial charge in [-0.1, -0.05) is 60.5 Å². The number of esters is 3. The van der Waals surface area contributed by atoms with Gasteiger partial charge in [0, 0.05) is 0 Å². The molecule has 0 radical (unpaired) electrons. The molecule has 0 saturated carbocycles. The first-order valence-electron chi connectivity index (χ1n) is 12.1. The van der Waals surface area contributed by atoms with Crippen LogP contribution in [0.15, 0.2) is 91.0 Å². The number of aliphatic hydroxyl groups is 1. The van der Waals surface area contributed by atoms with Gasteiger partial charge >= 0.3 is 17.9 Å². The maximum Gasteiger partial charge on any atom is 0.338 e. The molecule has 1 saturated heterocycles. The minimum atomic E-state index is -1.57. The van der Waals surface area contributed by atoms with Crippen molar-refractivity contribution in [2.75, 3.05) is 13.2 Å². The molecule has 1 N–H and O–H groups in total. The third kappa shape index (κ3) is 7.09. The Morgan fingerprint density at radius 1 is 0.744 bits per heavy atom. The van der Waals surface area contributed by atoms with Crippen LogP contribution >= 0.6 is 0 Å². The van der Waals surface area contributed by atoms with Gasteiger partial charge in [0.05, 0.1) is 16.7 Å². The Hall–Kier alpha value is -4.49. The van der Waals surface area contributed by atoms with Gasteiger partial charge in [0.25, 0.3) is 0 Å². The number of carbonyl (C=O) groups is 3. The predicted octanol–water partition coefficient (Wildman–Crippen LogP) is 3.03. The van der Waals surface area contributed by atoms with Crippen molar-refractivity contribution in [2.24, 2.45) is 0 Å². The molecule has 1 heterocycles. The van der Waals surface area contributed by atoms with E-state index in [1.807, 2.05) is 0 Å². The largest absolute Gasteiger partial charge is 0.459 e. The van der Waals surface area contributed by atoms with E-state index in [0.29, 0.717) is 5.56 Å². The summed E-state index contributed by atoms with van der Waals surface area (Å²) in [6, 6.07) is 24.4. The molecular weight excluding hydrogens is 504 g/mol. The maximum atomic E-state index is 13.0. The summed E-state index contributed by atoms with van der Waals surface area (Å²) in [7, 11) is 0. The second-order valence-corrected chi connectivity index (χ2v) is 8.49. The first-order valence-corrected chi connectivity index (χ1v) is 12.1. The summed E-state index contributed by atoms with van der Waals surface area (Å²) >= 11 is 0. The van der Waals surface area contributed by atoms with Crippen molar-refractivity contribution >= 4 is 17.9 Å². The van der Waals surface area contributed by atoms with E-state index < -0.39 is 55.2 Å². The molecule has 0 spiro atoms. The minimum Gasteiger partial charge on any atom is -0.459 e. The zero-order valence-corrected chi connectivity index (χ0v) is 20.8. The normalized spacial score (nSPS) is 22.2. The van der Waals surface area contributed by atoms with Gasteiger partial charge in [-0.05, 0) is 36.4 Å². The first kappa shape index (κ1) is 27.5. The predicted molar refractivity (Wildman–Crippen MR) is 137 cm³/mol. The van der Waals surface area contributed by atoms with Crippen LogP contribution in [0.4, 0.5) is 0 Å². The molecule has 5 atom stereocenters. The van der Waals surface area contributed by atoms with E-state index in [1.165, 1.54) is 24.3 Å². The Morgan fingerprint density at radius 3 is 1.69 bits per heavy atom. The van der Waals surface area contributed by atoms with Crippen LogP contribution in [0.2, 0.25) is 0 Å². The molecule has 1 aliphatic heterocycles. The summed E-state index contributed by atoms with van der Waals surface area (Å²) in [6.07, 6.45) is -1.64. The Balaban J connectivity index is 1.59. The highest BCUT2D eigenvalue weighted by Gasteiger charge is 2.51. The van der Waals surface area contributed by atoms with Crippen molar-refractivity contribution in [3.05, 3.63) is 108 Å². The van der Waals surface area contributed by atoms with Gasteiger partial charge in [-0.2, -0.15) is 0 Å². The monoisotopic (exact) mass is 530 g/mol. The van der Waals surface area contributed by atoms with E-state index in [9.17, 15) is 19.5 Å². The second kappa shape index (κ2) is 13.3. The SMILES string of the molecule is C#CCOC1OC(COC(=O)c2ccccc2)C(O)C(OC(=O)c2ccccc2)C1OC(=O)c1ccccc1. The number of ether oxygens (including phenoxy) is 5. The van der Waals surface area contributed by atoms with Crippen LogP contribution in [0.1, 0.15) is 31.1 Å². The molecule has 0 amide bonds. The summed E-state index contributed by atoms with van der Waals surface area (Å²) in [6.45, 7) is -0.653. The van der Waals surface area contributed by atoms with Crippen LogP contribution in [0.3, 0.4) is 0 Å². The van der Waals surface area contributed by atoms with Gasteiger partial charge < -0.3 is 28.8 Å². The van der Waals surface area contributed by atoms with Gasteiger partial charge in [0.1, 0.15) is 25.4 Å². The highest BCUT2D eigenvalue weighted by molar-refractivity contribution is 5.90. The number of rotatable bonds is 9.